The summed E-state index contributed by atoms with van der Waals surface area (Å²) in [5.74, 6) is 0. The summed E-state index contributed by atoms with van der Waals surface area (Å²) in [6.45, 7) is 0. The standard InChI is InChI=1S/C54H34N2O/c1-3-13-35(14-4-1)36-23-27-40(28-24-36)55-47-20-10-7-17-41(47)45-33-38(25-30-49(45)55)39-26-31-50-46(34-39)42-18-8-11-21-48(42)56(50)51-32-29-44-43-19-9-12-22-52(43)57-54(44)53(51)37-15-5-2-6-16-37/h1-34H/i2D,5D,6D,7D,8D,9D,10D,11D,12D,15D,16D,17D,18D,19D,20D,21D,22D,25D,26D,29D,30D,31D,32D,33D,34D. The van der Waals surface area contributed by atoms with E-state index < -0.39 is 223 Å². The predicted molar refractivity (Wildman–Crippen MR) is 239 cm³/mol. The molecular formula is C54H34N2O. The first-order chi connectivity index (χ1) is 38.7. The number of para-hydroxylation sites is 3. The molecule has 57 heavy (non-hydrogen) atoms. The Hall–Kier alpha value is -7.62. The van der Waals surface area contributed by atoms with Crippen LogP contribution in [-0.4, -0.2) is 9.13 Å². The van der Waals surface area contributed by atoms with Crippen LogP contribution in [-0.2, 0) is 0 Å². The molecule has 0 radical (unpaired) electrons. The maximum atomic E-state index is 10.1. The highest BCUT2D eigenvalue weighted by Gasteiger charge is 2.21. The summed E-state index contributed by atoms with van der Waals surface area (Å²) in [7, 11) is 0. The van der Waals surface area contributed by atoms with Crippen molar-refractivity contribution in [1.29, 1.82) is 0 Å². The molecule has 0 aliphatic rings. The first kappa shape index (κ1) is 15.9. The van der Waals surface area contributed by atoms with Crippen LogP contribution in [0.5, 0.6) is 0 Å². The largest absolute Gasteiger partial charge is 0.455 e. The molecule has 0 saturated heterocycles. The van der Waals surface area contributed by atoms with Crippen LogP contribution in [0.1, 0.15) is 34.3 Å². The van der Waals surface area contributed by atoms with Gasteiger partial charge >= 0.3 is 0 Å². The van der Waals surface area contributed by atoms with Gasteiger partial charge in [0.05, 0.1) is 62.0 Å². The van der Waals surface area contributed by atoms with E-state index in [1.807, 2.05) is 30.3 Å². The van der Waals surface area contributed by atoms with Crippen LogP contribution in [0.15, 0.2) is 210 Å². The molecule has 3 heterocycles. The first-order valence-electron chi connectivity index (χ1n) is 30.0. The van der Waals surface area contributed by atoms with E-state index in [4.69, 9.17) is 20.9 Å². The van der Waals surface area contributed by atoms with Crippen molar-refractivity contribution in [1.82, 2.24) is 9.13 Å². The normalized spacial score (nSPS) is 18.0. The average Bonchev–Trinajstić information content (AvgIpc) is 1.85. The van der Waals surface area contributed by atoms with Gasteiger partial charge in [-0.15, -0.1) is 0 Å². The summed E-state index contributed by atoms with van der Waals surface area (Å²) in [5.41, 5.74) is -4.78. The minimum Gasteiger partial charge on any atom is -0.455 e. The Bertz CT molecular complexity index is 4940. The third kappa shape index (κ3) is 4.86. The van der Waals surface area contributed by atoms with Crippen LogP contribution in [0, 0.1) is 0 Å². The summed E-state index contributed by atoms with van der Waals surface area (Å²) in [6.07, 6.45) is 0. The number of furan rings is 1. The second-order valence-corrected chi connectivity index (χ2v) is 13.0. The van der Waals surface area contributed by atoms with E-state index in [1.54, 1.807) is 24.3 Å². The van der Waals surface area contributed by atoms with Gasteiger partial charge < -0.3 is 13.6 Å². The van der Waals surface area contributed by atoms with Crippen molar-refractivity contribution in [2.75, 3.05) is 0 Å². The molecule has 3 nitrogen and oxygen atoms in total. The summed E-state index contributed by atoms with van der Waals surface area (Å²) in [5, 5.41) is -2.72. The number of rotatable bonds is 5. The van der Waals surface area contributed by atoms with Crippen molar-refractivity contribution in [2.24, 2.45) is 0 Å². The minimum absolute atomic E-state index is 0.186. The molecule has 12 rings (SSSR count). The second-order valence-electron chi connectivity index (χ2n) is 13.0. The lowest BCUT2D eigenvalue weighted by Crippen LogP contribution is -1.97. The lowest BCUT2D eigenvalue weighted by atomic mass is 9.99. The van der Waals surface area contributed by atoms with E-state index in [9.17, 15) is 17.8 Å². The van der Waals surface area contributed by atoms with Crippen molar-refractivity contribution in [3.8, 4) is 44.8 Å². The summed E-state index contributed by atoms with van der Waals surface area (Å²) < 4.78 is 238. The van der Waals surface area contributed by atoms with Gasteiger partial charge in [0.1, 0.15) is 11.2 Å². The van der Waals surface area contributed by atoms with Gasteiger partial charge in [0.2, 0.25) is 0 Å². The van der Waals surface area contributed by atoms with E-state index in [1.165, 1.54) is 4.57 Å². The molecule has 0 bridgehead atoms. The van der Waals surface area contributed by atoms with Gasteiger partial charge in [0.15, 0.2) is 0 Å². The van der Waals surface area contributed by atoms with Crippen molar-refractivity contribution in [3.63, 3.8) is 0 Å². The maximum Gasteiger partial charge on any atom is 0.145 e. The van der Waals surface area contributed by atoms with Crippen molar-refractivity contribution < 1.29 is 38.7 Å². The molecule has 0 amide bonds. The Morgan fingerprint density at radius 3 is 1.63 bits per heavy atom. The number of hydrogen-bond acceptors (Lipinski definition) is 1. The SMILES string of the molecule is [2H]c1c([2H])c([2H])c(-c2c(-n3c4c([2H])c([2H])c([2H])c([2H])c4c4c([2H])c(-c5c([2H])c([2H])c6c(c5[2H])c5c([2H])c([2H])c([2H])c([2H])c5n6-c5ccc(-c6ccccc6)cc5)c([2H])c([2H])c43)c([2H])c([2H])c3c2oc2c([2H])c([2H])c([2H])c([2H])c23)c([2H])c1[2H]. The van der Waals surface area contributed by atoms with Crippen LogP contribution >= 0.6 is 0 Å². The van der Waals surface area contributed by atoms with E-state index in [2.05, 4.69) is 0 Å². The number of fused-ring (bicyclic) bond motifs is 9. The van der Waals surface area contributed by atoms with Crippen LogP contribution in [0.3, 0.4) is 0 Å². The molecule has 3 aromatic heterocycles. The van der Waals surface area contributed by atoms with E-state index >= 15 is 0 Å². The Kier molecular flexibility index (Phi) is 3.46. The molecule has 3 heteroatoms. The summed E-state index contributed by atoms with van der Waals surface area (Å²) >= 11 is 0. The molecule has 266 valence electrons. The van der Waals surface area contributed by atoms with Crippen LogP contribution in [0.2, 0.25) is 0 Å². The fraction of sp³-hybridized carbons (Fsp3) is 0. The molecule has 0 saturated carbocycles. The smallest absolute Gasteiger partial charge is 0.145 e. The second kappa shape index (κ2) is 12.5. The zero-order valence-electron chi connectivity index (χ0n) is 54.0. The molecule has 12 aromatic rings. The van der Waals surface area contributed by atoms with Crippen molar-refractivity contribution in [3.05, 3.63) is 206 Å². The monoisotopic (exact) mass is 751 g/mol. The topological polar surface area (TPSA) is 23.0 Å². The molecule has 0 atom stereocenters. The molecule has 0 unspecified atom stereocenters. The third-order valence-corrected chi connectivity index (χ3v) is 9.88. The first-order valence-corrected chi connectivity index (χ1v) is 17.5. The zero-order chi connectivity index (χ0) is 59.2. The molecule has 0 aliphatic heterocycles. The summed E-state index contributed by atoms with van der Waals surface area (Å²) in [6, 6.07) is -4.92. The maximum absolute atomic E-state index is 10.1. The lowest BCUT2D eigenvalue weighted by Gasteiger charge is -2.15. The van der Waals surface area contributed by atoms with E-state index in [0.29, 0.717) is 0 Å². The summed E-state index contributed by atoms with van der Waals surface area (Å²) in [4.78, 5) is 0. The lowest BCUT2D eigenvalue weighted by molar-refractivity contribution is 0.670. The molecule has 0 aliphatic carbocycles. The van der Waals surface area contributed by atoms with Crippen molar-refractivity contribution in [2.45, 2.75) is 0 Å². The highest BCUT2D eigenvalue weighted by molar-refractivity contribution is 6.15. The number of nitrogens with zero attached hydrogens (tertiary/aromatic N) is 2. The molecule has 0 N–H and O–H groups in total. The van der Waals surface area contributed by atoms with Gasteiger partial charge in [-0.05, 0) is 94.3 Å². The van der Waals surface area contributed by atoms with E-state index in [0.717, 1.165) is 15.7 Å². The average molecular weight is 752 g/mol. The Morgan fingerprint density at radius 2 is 0.930 bits per heavy atom. The van der Waals surface area contributed by atoms with Crippen LogP contribution in [0.25, 0.3) is 110 Å². The van der Waals surface area contributed by atoms with Crippen LogP contribution < -0.4 is 0 Å². The molecular weight excluding hydrogens is 693 g/mol. The molecule has 9 aromatic carbocycles. The third-order valence-electron chi connectivity index (χ3n) is 9.88. The Morgan fingerprint density at radius 1 is 0.368 bits per heavy atom. The number of aromatic nitrogens is 2. The molecule has 0 spiro atoms. The Labute approximate surface area is 364 Å². The fourth-order valence-electron chi connectivity index (χ4n) is 7.38. The van der Waals surface area contributed by atoms with Gasteiger partial charge in [0, 0.05) is 43.6 Å². The van der Waals surface area contributed by atoms with Gasteiger partial charge in [0.25, 0.3) is 0 Å². The van der Waals surface area contributed by atoms with Gasteiger partial charge in [-0.1, -0.05) is 139 Å². The highest BCUT2D eigenvalue weighted by Crippen LogP contribution is 2.44. The van der Waals surface area contributed by atoms with Crippen LogP contribution in [0.4, 0.5) is 0 Å². The van der Waals surface area contributed by atoms with E-state index in [-0.39, 0.29) is 27.5 Å². The van der Waals surface area contributed by atoms with Gasteiger partial charge in [-0.2, -0.15) is 0 Å². The zero-order valence-corrected chi connectivity index (χ0v) is 29.0. The highest BCUT2D eigenvalue weighted by atomic mass is 16.3. The van der Waals surface area contributed by atoms with Crippen molar-refractivity contribution >= 4 is 65.6 Å². The quantitative estimate of drug-likeness (QED) is 0.172. The minimum atomic E-state index is -0.991. The predicted octanol–water partition coefficient (Wildman–Crippen LogP) is 14.8. The number of benzene rings is 9. The Balaban J connectivity index is 1.27. The van der Waals surface area contributed by atoms with Gasteiger partial charge in [-0.3, -0.25) is 0 Å². The molecule has 0 fully saturated rings. The fourth-order valence-corrected chi connectivity index (χ4v) is 7.38. The number of hydrogen-bond donors (Lipinski definition) is 0. The van der Waals surface area contributed by atoms with Gasteiger partial charge in [-0.25, -0.2) is 0 Å².